The summed E-state index contributed by atoms with van der Waals surface area (Å²) < 4.78 is 0. The number of Topliss-reactive ketones (excluding diaryl/α,β-unsaturated/α-hetero) is 1. The summed E-state index contributed by atoms with van der Waals surface area (Å²) in [5, 5.41) is 1.03. The third-order valence-electron chi connectivity index (χ3n) is 2.91. The van der Waals surface area contributed by atoms with Crippen molar-refractivity contribution in [1.29, 1.82) is 0 Å². The van der Waals surface area contributed by atoms with E-state index in [0.717, 1.165) is 30.2 Å². The molecule has 0 fully saturated rings. The van der Waals surface area contributed by atoms with Gasteiger partial charge in [0.1, 0.15) is 0 Å². The van der Waals surface area contributed by atoms with E-state index in [-0.39, 0.29) is 5.78 Å². The van der Waals surface area contributed by atoms with Crippen molar-refractivity contribution in [2.45, 2.75) is 45.4 Å². The van der Waals surface area contributed by atoms with Crippen LogP contribution in [-0.2, 0) is 0 Å². The van der Waals surface area contributed by atoms with E-state index in [2.05, 4.69) is 35.8 Å². The van der Waals surface area contributed by atoms with E-state index < -0.39 is 0 Å². The molecule has 0 radical (unpaired) electrons. The van der Waals surface area contributed by atoms with Crippen LogP contribution in [0.4, 0.5) is 0 Å². The summed E-state index contributed by atoms with van der Waals surface area (Å²) in [5.74, 6) is 0.762. The van der Waals surface area contributed by atoms with E-state index in [9.17, 15) is 4.79 Å². The van der Waals surface area contributed by atoms with Crippen molar-refractivity contribution in [2.75, 3.05) is 5.33 Å². The van der Waals surface area contributed by atoms with Gasteiger partial charge in [-0.3, -0.25) is 4.79 Å². The number of alkyl halides is 1. The van der Waals surface area contributed by atoms with Crippen molar-refractivity contribution in [1.82, 2.24) is 0 Å². The molecule has 0 heterocycles. The molecule has 0 saturated heterocycles. The first kappa shape index (κ1) is 14.4. The Morgan fingerprint density at radius 2 is 2.00 bits per heavy atom. The van der Waals surface area contributed by atoms with Crippen LogP contribution in [0.25, 0.3) is 0 Å². The second-order valence-electron chi connectivity index (χ2n) is 4.70. The molecule has 17 heavy (non-hydrogen) atoms. The minimum Gasteiger partial charge on any atom is -0.294 e. The number of rotatable bonds is 7. The fourth-order valence-electron chi connectivity index (χ4n) is 1.77. The molecule has 2 heteroatoms. The van der Waals surface area contributed by atoms with Crippen molar-refractivity contribution >= 4 is 21.7 Å². The highest BCUT2D eigenvalue weighted by Crippen LogP contribution is 2.17. The molecule has 1 rings (SSSR count). The van der Waals surface area contributed by atoms with Crippen molar-refractivity contribution in [3.8, 4) is 0 Å². The van der Waals surface area contributed by atoms with E-state index in [1.54, 1.807) is 0 Å². The molecule has 0 N–H and O–H groups in total. The van der Waals surface area contributed by atoms with E-state index in [4.69, 9.17) is 0 Å². The zero-order chi connectivity index (χ0) is 12.7. The summed E-state index contributed by atoms with van der Waals surface area (Å²) in [6, 6.07) is 8.05. The van der Waals surface area contributed by atoms with Gasteiger partial charge in [-0.05, 0) is 30.4 Å². The van der Waals surface area contributed by atoms with Crippen LogP contribution in [0.3, 0.4) is 0 Å². The Morgan fingerprint density at radius 3 is 2.65 bits per heavy atom. The average Bonchev–Trinajstić information content (AvgIpc) is 2.34. The van der Waals surface area contributed by atoms with Gasteiger partial charge in [-0.25, -0.2) is 0 Å². The molecule has 0 amide bonds. The summed E-state index contributed by atoms with van der Waals surface area (Å²) in [5.41, 5.74) is 2.12. The van der Waals surface area contributed by atoms with Crippen LogP contribution in [0.15, 0.2) is 24.3 Å². The minimum absolute atomic E-state index is 0.280. The summed E-state index contributed by atoms with van der Waals surface area (Å²) >= 11 is 3.40. The Morgan fingerprint density at radius 1 is 1.24 bits per heavy atom. The third kappa shape index (κ3) is 5.03. The number of carbonyl (C=O) groups is 1. The quantitative estimate of drug-likeness (QED) is 0.395. The summed E-state index contributed by atoms with van der Waals surface area (Å²) in [6.45, 7) is 4.30. The lowest BCUT2D eigenvalue weighted by Gasteiger charge is -2.07. The standard InChI is InChI=1S/C15H21BrO/c1-12(2)13-7-6-8-14(11-13)15(17)9-4-3-5-10-16/h6-8,11-12H,3-5,9-10H2,1-2H3. The summed E-state index contributed by atoms with van der Waals surface area (Å²) in [6.07, 6.45) is 3.95. The van der Waals surface area contributed by atoms with Crippen LogP contribution < -0.4 is 0 Å². The van der Waals surface area contributed by atoms with Gasteiger partial charge in [-0.2, -0.15) is 0 Å². The topological polar surface area (TPSA) is 17.1 Å². The molecule has 0 bridgehead atoms. The highest BCUT2D eigenvalue weighted by Gasteiger charge is 2.07. The maximum Gasteiger partial charge on any atom is 0.162 e. The Kier molecular flexibility index (Phi) is 6.49. The van der Waals surface area contributed by atoms with Gasteiger partial charge in [0.15, 0.2) is 5.78 Å². The fraction of sp³-hybridized carbons (Fsp3) is 0.533. The van der Waals surface area contributed by atoms with Crippen LogP contribution >= 0.6 is 15.9 Å². The van der Waals surface area contributed by atoms with Crippen LogP contribution in [-0.4, -0.2) is 11.1 Å². The first-order valence-electron chi connectivity index (χ1n) is 6.34. The molecular formula is C15H21BrO. The molecule has 0 aliphatic heterocycles. The summed E-state index contributed by atoms with van der Waals surface area (Å²) in [7, 11) is 0. The molecule has 0 aliphatic carbocycles. The van der Waals surface area contributed by atoms with Gasteiger partial charge < -0.3 is 0 Å². The molecular weight excluding hydrogens is 276 g/mol. The second-order valence-corrected chi connectivity index (χ2v) is 5.50. The number of unbranched alkanes of at least 4 members (excludes halogenated alkanes) is 2. The molecule has 0 unspecified atom stereocenters. The molecule has 1 nitrogen and oxygen atoms in total. The second kappa shape index (κ2) is 7.65. The Labute approximate surface area is 113 Å². The lowest BCUT2D eigenvalue weighted by molar-refractivity contribution is 0.0979. The van der Waals surface area contributed by atoms with Gasteiger partial charge >= 0.3 is 0 Å². The largest absolute Gasteiger partial charge is 0.294 e. The molecule has 0 spiro atoms. The van der Waals surface area contributed by atoms with Crippen LogP contribution in [0.5, 0.6) is 0 Å². The maximum atomic E-state index is 12.0. The monoisotopic (exact) mass is 296 g/mol. The molecule has 0 atom stereocenters. The third-order valence-corrected chi connectivity index (χ3v) is 3.47. The van der Waals surface area contributed by atoms with Crippen molar-refractivity contribution < 1.29 is 4.79 Å². The Bertz CT molecular complexity index is 358. The summed E-state index contributed by atoms with van der Waals surface area (Å²) in [4.78, 5) is 12.0. The molecule has 0 saturated carbocycles. The number of halogens is 1. The number of benzene rings is 1. The zero-order valence-corrected chi connectivity index (χ0v) is 12.3. The lowest BCUT2D eigenvalue weighted by Crippen LogP contribution is -2.00. The zero-order valence-electron chi connectivity index (χ0n) is 10.7. The fourth-order valence-corrected chi connectivity index (χ4v) is 2.17. The van der Waals surface area contributed by atoms with Gasteiger partial charge in [-0.1, -0.05) is 54.4 Å². The Balaban J connectivity index is 2.53. The lowest BCUT2D eigenvalue weighted by atomic mass is 9.97. The van der Waals surface area contributed by atoms with Crippen LogP contribution in [0, 0.1) is 0 Å². The predicted molar refractivity (Wildman–Crippen MR) is 77.1 cm³/mol. The molecule has 1 aromatic rings. The van der Waals surface area contributed by atoms with Gasteiger partial charge in [0, 0.05) is 17.3 Å². The maximum absolute atomic E-state index is 12.0. The number of ketones is 1. The van der Waals surface area contributed by atoms with E-state index in [1.165, 1.54) is 5.56 Å². The number of hydrogen-bond acceptors (Lipinski definition) is 1. The molecule has 94 valence electrons. The first-order chi connectivity index (χ1) is 8.15. The molecule has 0 aliphatic rings. The highest BCUT2D eigenvalue weighted by molar-refractivity contribution is 9.09. The van der Waals surface area contributed by atoms with E-state index in [1.807, 2.05) is 18.2 Å². The highest BCUT2D eigenvalue weighted by atomic mass is 79.9. The number of carbonyl (C=O) groups excluding carboxylic acids is 1. The molecule has 0 aromatic heterocycles. The predicted octanol–water partition coefficient (Wildman–Crippen LogP) is 4.95. The van der Waals surface area contributed by atoms with Gasteiger partial charge in [0.05, 0.1) is 0 Å². The van der Waals surface area contributed by atoms with Gasteiger partial charge in [0.25, 0.3) is 0 Å². The van der Waals surface area contributed by atoms with Crippen molar-refractivity contribution in [2.24, 2.45) is 0 Å². The van der Waals surface area contributed by atoms with Gasteiger partial charge in [-0.15, -0.1) is 0 Å². The van der Waals surface area contributed by atoms with E-state index in [0.29, 0.717) is 12.3 Å². The molecule has 1 aromatic carbocycles. The van der Waals surface area contributed by atoms with Crippen LogP contribution in [0.2, 0.25) is 0 Å². The smallest absolute Gasteiger partial charge is 0.162 e. The minimum atomic E-state index is 0.280. The van der Waals surface area contributed by atoms with Crippen LogP contribution in [0.1, 0.15) is 61.4 Å². The normalized spacial score (nSPS) is 10.8. The van der Waals surface area contributed by atoms with E-state index >= 15 is 0 Å². The first-order valence-corrected chi connectivity index (χ1v) is 7.46. The average molecular weight is 297 g/mol. The van der Waals surface area contributed by atoms with Crippen molar-refractivity contribution in [3.63, 3.8) is 0 Å². The van der Waals surface area contributed by atoms with Gasteiger partial charge in [0.2, 0.25) is 0 Å². The van der Waals surface area contributed by atoms with Crippen molar-refractivity contribution in [3.05, 3.63) is 35.4 Å². The number of hydrogen-bond donors (Lipinski definition) is 0. The SMILES string of the molecule is CC(C)c1cccc(C(=O)CCCCCBr)c1. The Hall–Kier alpha value is -0.630.